The second-order valence-electron chi connectivity index (χ2n) is 5.27. The lowest BCUT2D eigenvalue weighted by Crippen LogP contribution is -2.36. The Bertz CT molecular complexity index is 913. The Balaban J connectivity index is 2.44. The van der Waals surface area contributed by atoms with Crippen LogP contribution in [0.1, 0.15) is 6.92 Å². The number of ether oxygens (including phenoxy) is 1. The van der Waals surface area contributed by atoms with Crippen molar-refractivity contribution in [2.24, 2.45) is 0 Å². The van der Waals surface area contributed by atoms with Crippen molar-refractivity contribution < 1.29 is 22.7 Å². The normalized spacial score (nSPS) is 10.9. The van der Waals surface area contributed by atoms with E-state index in [-0.39, 0.29) is 10.8 Å². The largest absolute Gasteiger partial charge is 0.468 e. The highest BCUT2D eigenvalue weighted by Gasteiger charge is 2.27. The molecule has 0 saturated heterocycles. The monoisotopic (exact) mass is 440 g/mol. The van der Waals surface area contributed by atoms with E-state index < -0.39 is 22.5 Å². The molecule has 0 spiro atoms. The number of carbonyl (C=O) groups is 2. The summed E-state index contributed by atoms with van der Waals surface area (Å²) in [6, 6.07) is 12.3. The Labute approximate surface area is 160 Å². The lowest BCUT2D eigenvalue weighted by atomic mass is 10.3. The molecule has 0 atom stereocenters. The summed E-state index contributed by atoms with van der Waals surface area (Å²) in [6.45, 7) is 0.888. The predicted octanol–water partition coefficient (Wildman–Crippen LogP) is 2.78. The van der Waals surface area contributed by atoms with Crippen molar-refractivity contribution in [2.75, 3.05) is 23.3 Å². The van der Waals surface area contributed by atoms with Crippen molar-refractivity contribution in [1.29, 1.82) is 0 Å². The zero-order valence-electron chi connectivity index (χ0n) is 14.1. The SMILES string of the molecule is COC(=O)CN(c1cccc(Br)c1)S(=O)(=O)c1ccc(NC(C)=O)cc1. The van der Waals surface area contributed by atoms with Crippen LogP contribution >= 0.6 is 15.9 Å². The molecule has 0 unspecified atom stereocenters. The predicted molar refractivity (Wildman–Crippen MR) is 101 cm³/mol. The molecule has 0 aliphatic rings. The van der Waals surface area contributed by atoms with Crippen LogP contribution in [0, 0.1) is 0 Å². The first kappa shape index (κ1) is 19.9. The summed E-state index contributed by atoms with van der Waals surface area (Å²) < 4.78 is 32.3. The molecule has 1 amide bonds. The molecule has 138 valence electrons. The first-order valence-electron chi connectivity index (χ1n) is 7.47. The average Bonchev–Trinajstić information content (AvgIpc) is 2.59. The standard InChI is InChI=1S/C17H17BrN2O5S/c1-12(21)19-14-6-8-16(9-7-14)26(23,24)20(11-17(22)25-2)15-5-3-4-13(18)10-15/h3-10H,11H2,1-2H3,(H,19,21). The molecule has 0 aromatic heterocycles. The zero-order chi connectivity index (χ0) is 19.3. The van der Waals surface area contributed by atoms with E-state index in [1.54, 1.807) is 24.3 Å². The van der Waals surface area contributed by atoms with Gasteiger partial charge in [0.1, 0.15) is 6.54 Å². The number of sulfonamides is 1. The highest BCUT2D eigenvalue weighted by molar-refractivity contribution is 9.10. The van der Waals surface area contributed by atoms with Crippen molar-refractivity contribution in [3.05, 3.63) is 53.0 Å². The van der Waals surface area contributed by atoms with Gasteiger partial charge in [-0.15, -0.1) is 0 Å². The van der Waals surface area contributed by atoms with Crippen LogP contribution in [0.3, 0.4) is 0 Å². The highest BCUT2D eigenvalue weighted by atomic mass is 79.9. The van der Waals surface area contributed by atoms with E-state index in [1.165, 1.54) is 38.3 Å². The lowest BCUT2D eigenvalue weighted by molar-refractivity contribution is -0.138. The quantitative estimate of drug-likeness (QED) is 0.696. The topological polar surface area (TPSA) is 92.8 Å². The van der Waals surface area contributed by atoms with Gasteiger partial charge in [0.15, 0.2) is 0 Å². The smallest absolute Gasteiger partial charge is 0.326 e. The van der Waals surface area contributed by atoms with Gasteiger partial charge in [0, 0.05) is 17.1 Å². The van der Waals surface area contributed by atoms with Crippen LogP contribution < -0.4 is 9.62 Å². The second-order valence-corrected chi connectivity index (χ2v) is 8.05. The summed E-state index contributed by atoms with van der Waals surface area (Å²) in [4.78, 5) is 22.8. The average molecular weight is 441 g/mol. The fraction of sp³-hybridized carbons (Fsp3) is 0.176. The lowest BCUT2D eigenvalue weighted by Gasteiger charge is -2.23. The Morgan fingerprint density at radius 2 is 1.81 bits per heavy atom. The fourth-order valence-electron chi connectivity index (χ4n) is 2.17. The molecule has 2 rings (SSSR count). The first-order valence-corrected chi connectivity index (χ1v) is 9.70. The summed E-state index contributed by atoms with van der Waals surface area (Å²) in [5, 5.41) is 2.57. The van der Waals surface area contributed by atoms with E-state index in [9.17, 15) is 18.0 Å². The minimum Gasteiger partial charge on any atom is -0.468 e. The third-order valence-electron chi connectivity index (χ3n) is 3.36. The number of nitrogens with one attached hydrogen (secondary N) is 1. The van der Waals surface area contributed by atoms with E-state index >= 15 is 0 Å². The van der Waals surface area contributed by atoms with Crippen LogP contribution in [0.2, 0.25) is 0 Å². The van der Waals surface area contributed by atoms with E-state index in [0.29, 0.717) is 15.8 Å². The van der Waals surface area contributed by atoms with E-state index in [2.05, 4.69) is 26.0 Å². The van der Waals surface area contributed by atoms with E-state index in [0.717, 1.165) is 4.31 Å². The number of hydrogen-bond donors (Lipinski definition) is 1. The number of hydrogen-bond acceptors (Lipinski definition) is 5. The van der Waals surface area contributed by atoms with Gasteiger partial charge in [-0.2, -0.15) is 0 Å². The van der Waals surface area contributed by atoms with Crippen LogP contribution in [0.4, 0.5) is 11.4 Å². The van der Waals surface area contributed by atoms with Gasteiger partial charge >= 0.3 is 5.97 Å². The van der Waals surface area contributed by atoms with Crippen molar-refractivity contribution in [2.45, 2.75) is 11.8 Å². The van der Waals surface area contributed by atoms with Crippen LogP contribution in [0.5, 0.6) is 0 Å². The highest BCUT2D eigenvalue weighted by Crippen LogP contribution is 2.27. The molecule has 0 heterocycles. The Hall–Kier alpha value is -2.39. The number of rotatable bonds is 6. The molecule has 0 aliphatic carbocycles. The summed E-state index contributed by atoms with van der Waals surface area (Å²) in [7, 11) is -2.83. The number of amides is 1. The minimum absolute atomic E-state index is 0.0181. The van der Waals surface area contributed by atoms with Crippen molar-refractivity contribution >= 4 is 49.2 Å². The van der Waals surface area contributed by atoms with Gasteiger partial charge in [0.05, 0.1) is 17.7 Å². The number of carbonyl (C=O) groups excluding carboxylic acids is 2. The molecule has 26 heavy (non-hydrogen) atoms. The molecule has 0 bridgehead atoms. The van der Waals surface area contributed by atoms with Gasteiger partial charge in [-0.1, -0.05) is 22.0 Å². The third-order valence-corrected chi connectivity index (χ3v) is 5.64. The van der Waals surface area contributed by atoms with Crippen LogP contribution in [0.25, 0.3) is 0 Å². The fourth-order valence-corrected chi connectivity index (χ4v) is 3.96. The van der Waals surface area contributed by atoms with Crippen LogP contribution in [-0.4, -0.2) is 33.9 Å². The van der Waals surface area contributed by atoms with Crippen LogP contribution in [-0.2, 0) is 24.3 Å². The van der Waals surface area contributed by atoms with E-state index in [4.69, 9.17) is 0 Å². The maximum Gasteiger partial charge on any atom is 0.326 e. The number of methoxy groups -OCH3 is 1. The van der Waals surface area contributed by atoms with Gasteiger partial charge in [-0.05, 0) is 42.5 Å². The molecule has 0 aliphatic heterocycles. The molecule has 0 radical (unpaired) electrons. The molecular formula is C17H17BrN2O5S. The summed E-state index contributed by atoms with van der Waals surface area (Å²) in [6.07, 6.45) is 0. The first-order chi connectivity index (χ1) is 12.2. The maximum absolute atomic E-state index is 13.0. The van der Waals surface area contributed by atoms with Gasteiger partial charge in [0.25, 0.3) is 10.0 Å². The summed E-state index contributed by atoms with van der Waals surface area (Å²) >= 11 is 3.29. The molecule has 1 N–H and O–H groups in total. The zero-order valence-corrected chi connectivity index (χ0v) is 16.5. The molecule has 7 nitrogen and oxygen atoms in total. The molecular weight excluding hydrogens is 424 g/mol. The number of benzene rings is 2. The van der Waals surface area contributed by atoms with Crippen molar-refractivity contribution in [3.8, 4) is 0 Å². The molecule has 0 saturated carbocycles. The van der Waals surface area contributed by atoms with Gasteiger partial charge in [-0.25, -0.2) is 8.42 Å². The van der Waals surface area contributed by atoms with Gasteiger partial charge in [0.2, 0.25) is 5.91 Å². The Morgan fingerprint density at radius 3 is 2.35 bits per heavy atom. The molecule has 2 aromatic carbocycles. The minimum atomic E-state index is -4.02. The van der Waals surface area contributed by atoms with Gasteiger partial charge in [-0.3, -0.25) is 13.9 Å². The van der Waals surface area contributed by atoms with Gasteiger partial charge < -0.3 is 10.1 Å². The number of nitrogens with zero attached hydrogens (tertiary/aromatic N) is 1. The Kier molecular flexibility index (Phi) is 6.38. The summed E-state index contributed by atoms with van der Waals surface area (Å²) in [5.74, 6) is -0.953. The van der Waals surface area contributed by atoms with Crippen molar-refractivity contribution in [1.82, 2.24) is 0 Å². The van der Waals surface area contributed by atoms with E-state index in [1.807, 2.05) is 0 Å². The molecule has 2 aromatic rings. The maximum atomic E-state index is 13.0. The summed E-state index contributed by atoms with van der Waals surface area (Å²) in [5.41, 5.74) is 0.786. The second kappa shape index (κ2) is 8.33. The molecule has 0 fully saturated rings. The number of halogens is 1. The van der Waals surface area contributed by atoms with Crippen LogP contribution in [0.15, 0.2) is 57.9 Å². The number of anilines is 2. The Morgan fingerprint density at radius 1 is 1.15 bits per heavy atom. The third kappa shape index (κ3) is 4.83. The molecule has 9 heteroatoms. The van der Waals surface area contributed by atoms with Crippen molar-refractivity contribution in [3.63, 3.8) is 0 Å². The number of esters is 1.